The van der Waals surface area contributed by atoms with Crippen molar-refractivity contribution in [1.82, 2.24) is 9.44 Å². The Labute approximate surface area is 204 Å². The number of rotatable bonds is 7. The topological polar surface area (TPSA) is 92.9 Å². The molecule has 2 atom stereocenters. The molecular formula is C24H30N6OS2. The van der Waals surface area contributed by atoms with Gasteiger partial charge in [0.1, 0.15) is 0 Å². The van der Waals surface area contributed by atoms with Crippen LogP contribution in [-0.2, 0) is 11.0 Å². The second kappa shape index (κ2) is 13.4. The van der Waals surface area contributed by atoms with Gasteiger partial charge in [-0.05, 0) is 50.1 Å². The number of benzene rings is 2. The van der Waals surface area contributed by atoms with Crippen LogP contribution in [0.5, 0.6) is 0 Å². The van der Waals surface area contributed by atoms with E-state index in [1.807, 2.05) is 91.7 Å². The molecule has 0 saturated carbocycles. The summed E-state index contributed by atoms with van der Waals surface area (Å²) in [5.41, 5.74) is 3.82. The number of allylic oxidation sites excluding steroid dienone is 3. The third-order valence-electron chi connectivity index (χ3n) is 4.81. The van der Waals surface area contributed by atoms with Crippen molar-refractivity contribution in [3.8, 4) is 0 Å². The SMILES string of the molecule is C=N.CN=C(NS(=O)c1ccc(C)cc1)C(/N=C1\C=CCC(NS)=C1)N(C)c1ccccc1. The number of nitrogens with one attached hydrogen (secondary N) is 3. The fourth-order valence-electron chi connectivity index (χ4n) is 3.06. The molecule has 7 nitrogen and oxygen atoms in total. The van der Waals surface area contributed by atoms with E-state index in [1.54, 1.807) is 7.05 Å². The van der Waals surface area contributed by atoms with Crippen LogP contribution in [0.25, 0.3) is 0 Å². The maximum absolute atomic E-state index is 13.0. The van der Waals surface area contributed by atoms with E-state index in [-0.39, 0.29) is 0 Å². The van der Waals surface area contributed by atoms with E-state index >= 15 is 0 Å². The normalized spacial score (nSPS) is 16.2. The summed E-state index contributed by atoms with van der Waals surface area (Å²) in [7, 11) is 2.15. The molecular weight excluding hydrogens is 452 g/mol. The molecule has 2 aromatic rings. The number of aliphatic imine (C=N–C) groups is 2. The molecule has 3 rings (SSSR count). The summed E-state index contributed by atoms with van der Waals surface area (Å²) in [5, 5.41) is 5.50. The van der Waals surface area contributed by atoms with Gasteiger partial charge in [-0.15, -0.1) is 0 Å². The zero-order chi connectivity index (χ0) is 24.2. The summed E-state index contributed by atoms with van der Waals surface area (Å²) in [6.45, 7) is 4.50. The number of para-hydroxylation sites is 1. The maximum atomic E-state index is 13.0. The van der Waals surface area contributed by atoms with Crippen LogP contribution in [0.2, 0.25) is 0 Å². The number of anilines is 1. The van der Waals surface area contributed by atoms with Gasteiger partial charge >= 0.3 is 0 Å². The van der Waals surface area contributed by atoms with Crippen LogP contribution in [0.4, 0.5) is 5.69 Å². The second-order valence-corrected chi connectivity index (χ2v) is 8.49. The molecule has 33 heavy (non-hydrogen) atoms. The molecule has 174 valence electrons. The highest BCUT2D eigenvalue weighted by molar-refractivity contribution is 7.83. The van der Waals surface area contributed by atoms with E-state index in [4.69, 9.17) is 10.4 Å². The van der Waals surface area contributed by atoms with E-state index in [0.29, 0.717) is 10.7 Å². The molecule has 2 aromatic carbocycles. The van der Waals surface area contributed by atoms with Crippen molar-refractivity contribution in [3.63, 3.8) is 0 Å². The molecule has 9 heteroatoms. The Morgan fingerprint density at radius 3 is 2.45 bits per heavy atom. The van der Waals surface area contributed by atoms with Crippen molar-refractivity contribution in [2.75, 3.05) is 19.0 Å². The van der Waals surface area contributed by atoms with Crippen LogP contribution in [0.3, 0.4) is 0 Å². The number of aryl methyl sites for hydroxylation is 1. The minimum atomic E-state index is -1.46. The summed E-state index contributed by atoms with van der Waals surface area (Å²) in [6.07, 6.45) is 6.20. The Morgan fingerprint density at radius 2 is 1.85 bits per heavy atom. The first kappa shape index (κ1) is 26.1. The molecule has 0 aliphatic heterocycles. The van der Waals surface area contributed by atoms with Crippen LogP contribution in [0.15, 0.2) is 93.4 Å². The molecule has 0 aromatic heterocycles. The molecule has 0 bridgehead atoms. The highest BCUT2D eigenvalue weighted by atomic mass is 32.2. The van der Waals surface area contributed by atoms with Gasteiger partial charge in [0.05, 0.1) is 10.6 Å². The van der Waals surface area contributed by atoms with Gasteiger partial charge in [-0.3, -0.25) is 14.7 Å². The average Bonchev–Trinajstić information content (AvgIpc) is 2.87. The minimum Gasteiger partial charge on any atom is -0.347 e. The second-order valence-electron chi connectivity index (χ2n) is 7.05. The number of amidine groups is 1. The van der Waals surface area contributed by atoms with Gasteiger partial charge in [-0.2, -0.15) is 0 Å². The van der Waals surface area contributed by atoms with Crippen LogP contribution in [0, 0.1) is 12.3 Å². The number of hydrogen-bond donors (Lipinski definition) is 4. The number of likely N-dealkylation sites (N-methyl/N-ethyl adjacent to an activating group) is 1. The standard InChI is InChI=1S/C23H27N5OS2.CH3N/c1-17-12-14-21(15-13-17)31(29)27-22(24-2)23(28(3)20-10-5-4-6-11-20)25-18-8-7-9-19(16-18)26-30;1-2/h4-8,10-16,23,26,30H,9H2,1-3H3,(H,24,27);2H,1H2/b25-18+;. The van der Waals surface area contributed by atoms with Crippen LogP contribution in [-0.4, -0.2) is 42.7 Å². The van der Waals surface area contributed by atoms with Gasteiger partial charge in [-0.1, -0.05) is 54.8 Å². The Balaban J connectivity index is 0.00000187. The highest BCUT2D eigenvalue weighted by Gasteiger charge is 2.23. The van der Waals surface area contributed by atoms with Gasteiger partial charge < -0.3 is 15.0 Å². The van der Waals surface area contributed by atoms with Crippen LogP contribution < -0.4 is 14.3 Å². The van der Waals surface area contributed by atoms with E-state index in [1.165, 1.54) is 0 Å². The summed E-state index contributed by atoms with van der Waals surface area (Å²) >= 11 is 4.15. The summed E-state index contributed by atoms with van der Waals surface area (Å²) in [4.78, 5) is 12.0. The van der Waals surface area contributed by atoms with E-state index in [0.717, 1.165) is 29.1 Å². The molecule has 1 aliphatic carbocycles. The van der Waals surface area contributed by atoms with Gasteiger partial charge in [0.15, 0.2) is 23.0 Å². The van der Waals surface area contributed by atoms with E-state index < -0.39 is 17.2 Å². The third-order valence-corrected chi connectivity index (χ3v) is 6.19. The summed E-state index contributed by atoms with van der Waals surface area (Å²) < 4.78 is 18.9. The third kappa shape index (κ3) is 7.44. The number of hydrogen-bond acceptors (Lipinski definition) is 7. The van der Waals surface area contributed by atoms with Gasteiger partial charge in [0, 0.05) is 31.9 Å². The monoisotopic (exact) mass is 482 g/mol. The van der Waals surface area contributed by atoms with Crippen molar-refractivity contribution in [1.29, 1.82) is 5.41 Å². The molecule has 1 aliphatic rings. The Kier molecular flexibility index (Phi) is 10.6. The van der Waals surface area contributed by atoms with Crippen molar-refractivity contribution < 1.29 is 4.21 Å². The predicted molar refractivity (Wildman–Crippen MR) is 144 cm³/mol. The average molecular weight is 483 g/mol. The van der Waals surface area contributed by atoms with Gasteiger partial charge in [0.2, 0.25) is 0 Å². The van der Waals surface area contributed by atoms with Crippen LogP contribution in [0.1, 0.15) is 12.0 Å². The van der Waals surface area contributed by atoms with Crippen molar-refractivity contribution in [2.45, 2.75) is 24.4 Å². The predicted octanol–water partition coefficient (Wildman–Crippen LogP) is 4.08. The highest BCUT2D eigenvalue weighted by Crippen LogP contribution is 2.18. The summed E-state index contributed by atoms with van der Waals surface area (Å²) in [5.74, 6) is 0.505. The van der Waals surface area contributed by atoms with Gasteiger partial charge in [-0.25, -0.2) is 4.21 Å². The molecule has 0 amide bonds. The Bertz CT molecular complexity index is 1050. The lowest BCUT2D eigenvalue weighted by molar-refractivity contribution is 0.679. The molecule has 0 radical (unpaired) electrons. The maximum Gasteiger partial charge on any atom is 0.180 e. The fraction of sp³-hybridized carbons (Fsp3) is 0.208. The first-order valence-corrected chi connectivity index (χ1v) is 11.8. The van der Waals surface area contributed by atoms with E-state index in [9.17, 15) is 4.21 Å². The molecule has 0 heterocycles. The lowest BCUT2D eigenvalue weighted by Gasteiger charge is -2.29. The lowest BCUT2D eigenvalue weighted by Crippen LogP contribution is -2.45. The molecule has 0 spiro atoms. The zero-order valence-electron chi connectivity index (χ0n) is 19.0. The largest absolute Gasteiger partial charge is 0.347 e. The van der Waals surface area contributed by atoms with E-state index in [2.05, 4.69) is 34.0 Å². The fourth-order valence-corrected chi connectivity index (χ4v) is 4.10. The lowest BCUT2D eigenvalue weighted by atomic mass is 10.1. The number of nitrogens with zero attached hydrogens (tertiary/aromatic N) is 3. The first-order valence-electron chi connectivity index (χ1n) is 10.2. The molecule has 0 fully saturated rings. The van der Waals surface area contributed by atoms with Gasteiger partial charge in [0.25, 0.3) is 0 Å². The minimum absolute atomic E-state index is 0.503. The zero-order valence-corrected chi connectivity index (χ0v) is 20.7. The van der Waals surface area contributed by atoms with Crippen molar-refractivity contribution in [2.24, 2.45) is 9.98 Å². The Hall–Kier alpha value is -3.17. The summed E-state index contributed by atoms with van der Waals surface area (Å²) in [6, 6.07) is 17.5. The Morgan fingerprint density at radius 1 is 1.18 bits per heavy atom. The van der Waals surface area contributed by atoms with Crippen molar-refractivity contribution >= 4 is 47.8 Å². The quantitative estimate of drug-likeness (QED) is 0.272. The molecule has 3 N–H and O–H groups in total. The molecule has 2 unspecified atom stereocenters. The number of thiol groups is 1. The smallest absolute Gasteiger partial charge is 0.180 e. The van der Waals surface area contributed by atoms with Crippen LogP contribution >= 0.6 is 12.8 Å². The molecule has 0 saturated heterocycles. The van der Waals surface area contributed by atoms with Crippen molar-refractivity contribution in [3.05, 3.63) is 84.1 Å². The first-order chi connectivity index (χ1) is 16.0.